The van der Waals surface area contributed by atoms with Crippen LogP contribution in [-0.4, -0.2) is 47.8 Å². The Kier molecular flexibility index (Phi) is 6.50. The van der Waals surface area contributed by atoms with Gasteiger partial charge in [-0.3, -0.25) is 4.79 Å². The van der Waals surface area contributed by atoms with Gasteiger partial charge >= 0.3 is 0 Å². The monoisotopic (exact) mass is 416 g/mol. The van der Waals surface area contributed by atoms with Crippen molar-refractivity contribution in [3.63, 3.8) is 0 Å². The molecule has 8 nitrogen and oxygen atoms in total. The molecule has 3 rings (SSSR count). The van der Waals surface area contributed by atoms with Crippen LogP contribution in [0, 0.1) is 6.92 Å². The number of hydrogen-bond donors (Lipinski definition) is 3. The van der Waals surface area contributed by atoms with Gasteiger partial charge in [-0.2, -0.15) is 0 Å². The summed E-state index contributed by atoms with van der Waals surface area (Å²) in [7, 11) is 3.20. The Hall–Kier alpha value is -2.91. The number of carbonyl (C=O) groups is 1. The summed E-state index contributed by atoms with van der Waals surface area (Å²) < 4.78 is 10.8. The Labute approximate surface area is 172 Å². The number of hydrogen-bond acceptors (Lipinski definition) is 8. The number of aromatic nitrogens is 2. The lowest BCUT2D eigenvalue weighted by atomic mass is 10.1. The molecule has 29 heavy (non-hydrogen) atoms. The van der Waals surface area contributed by atoms with Gasteiger partial charge in [0.15, 0.2) is 11.5 Å². The number of carbonyl (C=O) groups excluding carboxylic acids is 1. The zero-order chi connectivity index (χ0) is 21.0. The molecule has 9 heteroatoms. The van der Waals surface area contributed by atoms with Crippen LogP contribution >= 0.6 is 11.3 Å². The highest BCUT2D eigenvalue weighted by Gasteiger charge is 2.20. The number of rotatable bonds is 8. The first kappa shape index (κ1) is 20.8. The molecular formula is C20H24N4O4S. The van der Waals surface area contributed by atoms with Gasteiger partial charge < -0.3 is 25.2 Å². The second kappa shape index (κ2) is 9.06. The number of nitrogens with one attached hydrogen (secondary N) is 2. The lowest BCUT2D eigenvalue weighted by Crippen LogP contribution is -2.34. The predicted octanol–water partition coefficient (Wildman–Crippen LogP) is 2.74. The molecule has 154 valence electrons. The Morgan fingerprint density at radius 1 is 1.28 bits per heavy atom. The molecular weight excluding hydrogens is 392 g/mol. The molecule has 0 aliphatic heterocycles. The minimum atomic E-state index is -0.323. The fourth-order valence-corrected chi connectivity index (χ4v) is 4.08. The standard InChI is InChI=1S/C20H24N4O4S/c1-11(9-25)24-19(26)17-12(2)15-18(22-10-23-20(15)29-17)21-8-13-6-5-7-14(27-3)16(13)28-4/h5-7,10-11,25H,8-9H2,1-4H3,(H,24,26)(H,21,22,23). The third kappa shape index (κ3) is 4.25. The highest BCUT2D eigenvalue weighted by atomic mass is 32.1. The van der Waals surface area contributed by atoms with Gasteiger partial charge in [-0.25, -0.2) is 9.97 Å². The number of aliphatic hydroxyl groups is 1. The average molecular weight is 417 g/mol. The van der Waals surface area contributed by atoms with E-state index in [4.69, 9.17) is 9.47 Å². The third-order valence-electron chi connectivity index (χ3n) is 4.52. The van der Waals surface area contributed by atoms with E-state index in [1.807, 2.05) is 25.1 Å². The zero-order valence-corrected chi connectivity index (χ0v) is 17.6. The second-order valence-corrected chi connectivity index (χ2v) is 7.52. The molecule has 1 amide bonds. The van der Waals surface area contributed by atoms with Crippen LogP contribution in [0.3, 0.4) is 0 Å². The highest BCUT2D eigenvalue weighted by Crippen LogP contribution is 2.35. The fourth-order valence-electron chi connectivity index (χ4n) is 3.03. The van der Waals surface area contributed by atoms with Crippen molar-refractivity contribution in [2.75, 3.05) is 26.1 Å². The van der Waals surface area contributed by atoms with Gasteiger partial charge in [-0.05, 0) is 25.5 Å². The summed E-state index contributed by atoms with van der Waals surface area (Å²) in [5, 5.41) is 16.1. The lowest BCUT2D eigenvalue weighted by molar-refractivity contribution is 0.0926. The van der Waals surface area contributed by atoms with Crippen molar-refractivity contribution in [2.45, 2.75) is 26.4 Å². The van der Waals surface area contributed by atoms with E-state index in [0.717, 1.165) is 21.3 Å². The van der Waals surface area contributed by atoms with Crippen LogP contribution in [0.5, 0.6) is 11.5 Å². The first-order chi connectivity index (χ1) is 14.0. The smallest absolute Gasteiger partial charge is 0.262 e. The maximum absolute atomic E-state index is 12.5. The molecule has 0 saturated carbocycles. The van der Waals surface area contributed by atoms with E-state index in [1.165, 1.54) is 17.7 Å². The number of ether oxygens (including phenoxy) is 2. The van der Waals surface area contributed by atoms with Crippen LogP contribution in [0.15, 0.2) is 24.5 Å². The summed E-state index contributed by atoms with van der Waals surface area (Å²) in [6.07, 6.45) is 1.47. The quantitative estimate of drug-likeness (QED) is 0.518. The summed E-state index contributed by atoms with van der Waals surface area (Å²) in [6, 6.07) is 5.36. The molecule has 3 N–H and O–H groups in total. The molecule has 1 unspecified atom stereocenters. The molecule has 2 heterocycles. The summed E-state index contributed by atoms with van der Waals surface area (Å²) >= 11 is 1.30. The van der Waals surface area contributed by atoms with Crippen LogP contribution in [0.25, 0.3) is 10.2 Å². The van der Waals surface area contributed by atoms with Gasteiger partial charge in [0.1, 0.15) is 17.0 Å². The molecule has 0 aliphatic rings. The molecule has 0 spiro atoms. The van der Waals surface area contributed by atoms with E-state index < -0.39 is 0 Å². The first-order valence-corrected chi connectivity index (χ1v) is 9.91. The summed E-state index contributed by atoms with van der Waals surface area (Å²) in [5.41, 5.74) is 1.72. The number of aryl methyl sites for hydroxylation is 1. The van der Waals surface area contributed by atoms with E-state index in [1.54, 1.807) is 21.1 Å². The Morgan fingerprint density at radius 3 is 2.76 bits per heavy atom. The summed E-state index contributed by atoms with van der Waals surface area (Å²) in [4.78, 5) is 22.5. The van der Waals surface area contributed by atoms with Gasteiger partial charge in [-0.1, -0.05) is 12.1 Å². The van der Waals surface area contributed by atoms with Crippen molar-refractivity contribution >= 4 is 33.3 Å². The molecule has 0 aliphatic carbocycles. The van der Waals surface area contributed by atoms with Crippen LogP contribution in [-0.2, 0) is 6.54 Å². The molecule has 2 aromatic heterocycles. The maximum Gasteiger partial charge on any atom is 0.262 e. The van der Waals surface area contributed by atoms with Crippen molar-refractivity contribution in [2.24, 2.45) is 0 Å². The molecule has 3 aromatic rings. The minimum Gasteiger partial charge on any atom is -0.493 e. The minimum absolute atomic E-state index is 0.120. The van der Waals surface area contributed by atoms with E-state index in [-0.39, 0.29) is 18.6 Å². The number of methoxy groups -OCH3 is 2. The summed E-state index contributed by atoms with van der Waals surface area (Å²) in [5.74, 6) is 1.73. The van der Waals surface area contributed by atoms with Gasteiger partial charge in [0.05, 0.1) is 31.1 Å². The third-order valence-corrected chi connectivity index (χ3v) is 5.71. The van der Waals surface area contributed by atoms with E-state index in [0.29, 0.717) is 28.7 Å². The fraction of sp³-hybridized carbons (Fsp3) is 0.350. The molecule has 1 atom stereocenters. The van der Waals surface area contributed by atoms with E-state index in [2.05, 4.69) is 20.6 Å². The topological polar surface area (TPSA) is 106 Å². The number of thiophene rings is 1. The normalized spacial score (nSPS) is 11.9. The number of aliphatic hydroxyl groups excluding tert-OH is 1. The molecule has 0 radical (unpaired) electrons. The molecule has 0 saturated heterocycles. The van der Waals surface area contributed by atoms with E-state index >= 15 is 0 Å². The lowest BCUT2D eigenvalue weighted by Gasteiger charge is -2.14. The number of nitrogens with zero attached hydrogens (tertiary/aromatic N) is 2. The van der Waals surface area contributed by atoms with Crippen molar-refractivity contribution in [3.05, 3.63) is 40.5 Å². The van der Waals surface area contributed by atoms with Crippen molar-refractivity contribution in [1.82, 2.24) is 15.3 Å². The van der Waals surface area contributed by atoms with Crippen molar-refractivity contribution in [1.29, 1.82) is 0 Å². The number of fused-ring (bicyclic) bond motifs is 1. The van der Waals surface area contributed by atoms with Gasteiger partial charge in [0, 0.05) is 18.2 Å². The molecule has 0 bridgehead atoms. The largest absolute Gasteiger partial charge is 0.493 e. The Bertz CT molecular complexity index is 1020. The highest BCUT2D eigenvalue weighted by molar-refractivity contribution is 7.20. The number of benzene rings is 1. The van der Waals surface area contributed by atoms with Crippen molar-refractivity contribution < 1.29 is 19.4 Å². The number of para-hydroxylation sites is 1. The zero-order valence-electron chi connectivity index (χ0n) is 16.8. The van der Waals surface area contributed by atoms with Crippen LogP contribution in [0.1, 0.15) is 27.7 Å². The average Bonchev–Trinajstić information content (AvgIpc) is 3.08. The van der Waals surface area contributed by atoms with Crippen molar-refractivity contribution in [3.8, 4) is 11.5 Å². The predicted molar refractivity (Wildman–Crippen MR) is 113 cm³/mol. The van der Waals surface area contributed by atoms with E-state index in [9.17, 15) is 9.90 Å². The summed E-state index contributed by atoms with van der Waals surface area (Å²) in [6.45, 7) is 3.96. The van der Waals surface area contributed by atoms with Gasteiger partial charge in [-0.15, -0.1) is 11.3 Å². The Morgan fingerprint density at radius 2 is 2.07 bits per heavy atom. The Balaban J connectivity index is 1.91. The molecule has 1 aromatic carbocycles. The van der Waals surface area contributed by atoms with Gasteiger partial charge in [0.25, 0.3) is 5.91 Å². The number of anilines is 1. The van der Waals surface area contributed by atoms with Crippen LogP contribution < -0.4 is 20.1 Å². The van der Waals surface area contributed by atoms with Gasteiger partial charge in [0.2, 0.25) is 0 Å². The SMILES string of the molecule is COc1cccc(CNc2ncnc3sc(C(=O)NC(C)CO)c(C)c23)c1OC. The van der Waals surface area contributed by atoms with Crippen LogP contribution in [0.4, 0.5) is 5.82 Å². The molecule has 0 fully saturated rings. The van der Waals surface area contributed by atoms with Crippen LogP contribution in [0.2, 0.25) is 0 Å². The first-order valence-electron chi connectivity index (χ1n) is 9.09. The maximum atomic E-state index is 12.5. The second-order valence-electron chi connectivity index (χ2n) is 6.52. The number of amides is 1.